The molecule has 252 valence electrons. The van der Waals surface area contributed by atoms with Crippen molar-refractivity contribution in [1.82, 2.24) is 34.3 Å². The number of carbonyl (C=O) groups is 4. The van der Waals surface area contributed by atoms with E-state index in [-0.39, 0.29) is 46.3 Å². The maximum atomic E-state index is 15.9. The standard InChI is InChI=1S/C34H27ClFN9O4S/c1-15-8-26-38-12-19(13-43(26)41-15)34-40-32-30(50-34)29(31(37)48)42-44(32)14-27(47)45-24-10-18(24)11-25(45)33(49)39-23-5-3-4-20(28(23)36)21-9-17(16(2)46)6-7-22(21)35/h3-9,12-13,18,24-25H,10-11,14H2,1-2H3,(H2,37,48)(H,39,49)/t18?,24-,25+/m1/s1. The number of nitrogens with zero attached hydrogens (tertiary/aromatic N) is 7. The second-order valence-electron chi connectivity index (χ2n) is 12.5. The molecule has 13 nitrogen and oxygen atoms in total. The summed E-state index contributed by atoms with van der Waals surface area (Å²) in [6.45, 7) is 2.96. The molecule has 0 radical (unpaired) electrons. The molecule has 1 saturated heterocycles. The quantitative estimate of drug-likeness (QED) is 0.210. The number of thiazole rings is 1. The minimum Gasteiger partial charge on any atom is -0.364 e. The number of aromatic nitrogens is 6. The van der Waals surface area contributed by atoms with Crippen molar-refractivity contribution in [3.8, 4) is 21.7 Å². The molecule has 0 spiro atoms. The van der Waals surface area contributed by atoms with E-state index in [9.17, 15) is 19.2 Å². The maximum absolute atomic E-state index is 15.9. The highest BCUT2D eigenvalue weighted by Gasteiger charge is 2.56. The van der Waals surface area contributed by atoms with Crippen LogP contribution in [0.5, 0.6) is 0 Å². The second-order valence-corrected chi connectivity index (χ2v) is 13.9. The lowest BCUT2D eigenvalue weighted by molar-refractivity contribution is -0.138. The molecule has 50 heavy (non-hydrogen) atoms. The summed E-state index contributed by atoms with van der Waals surface area (Å²) in [7, 11) is 0. The van der Waals surface area contributed by atoms with Gasteiger partial charge < -0.3 is 16.0 Å². The molecule has 4 aromatic heterocycles. The Labute approximate surface area is 291 Å². The molecule has 2 aromatic carbocycles. The molecule has 1 aliphatic heterocycles. The smallest absolute Gasteiger partial charge is 0.270 e. The number of hydrogen-bond acceptors (Lipinski definition) is 9. The number of hydrogen-bond donors (Lipinski definition) is 2. The van der Waals surface area contributed by atoms with Crippen molar-refractivity contribution in [3.63, 3.8) is 0 Å². The first-order valence-electron chi connectivity index (χ1n) is 15.7. The van der Waals surface area contributed by atoms with Gasteiger partial charge in [0, 0.05) is 51.8 Å². The van der Waals surface area contributed by atoms with Crippen LogP contribution < -0.4 is 11.1 Å². The van der Waals surface area contributed by atoms with Crippen LogP contribution in [0, 0.1) is 18.7 Å². The van der Waals surface area contributed by atoms with E-state index in [1.807, 2.05) is 13.0 Å². The molecule has 2 fully saturated rings. The van der Waals surface area contributed by atoms with Crippen LogP contribution in [-0.2, 0) is 16.1 Å². The van der Waals surface area contributed by atoms with Gasteiger partial charge >= 0.3 is 0 Å². The van der Waals surface area contributed by atoms with E-state index in [1.54, 1.807) is 29.0 Å². The molecule has 3 N–H and O–H groups in total. The number of fused-ring (bicyclic) bond motifs is 3. The van der Waals surface area contributed by atoms with Crippen LogP contribution in [0.2, 0.25) is 5.02 Å². The van der Waals surface area contributed by atoms with Crippen LogP contribution in [0.15, 0.2) is 54.9 Å². The predicted molar refractivity (Wildman–Crippen MR) is 183 cm³/mol. The number of anilines is 1. The Hall–Kier alpha value is -5.54. The van der Waals surface area contributed by atoms with Crippen LogP contribution in [0.1, 0.15) is 46.3 Å². The second kappa shape index (κ2) is 11.8. The fraction of sp³-hybridized carbons (Fsp3) is 0.235. The van der Waals surface area contributed by atoms with E-state index in [4.69, 9.17) is 22.3 Å². The number of likely N-dealkylation sites (tertiary alicyclic amines) is 1. The largest absolute Gasteiger partial charge is 0.364 e. The maximum Gasteiger partial charge on any atom is 0.270 e. The SMILES string of the molecule is CC(=O)c1ccc(Cl)c(-c2cccc(NC(=O)[C@@H]3CC4C[C@H]4N3C(=O)Cn3nc(C(N)=O)c4sc(-c5cnc6cc(C)nn6c5)nc43)c2F)c1. The Morgan fingerprint density at radius 3 is 2.70 bits per heavy atom. The van der Waals surface area contributed by atoms with Crippen molar-refractivity contribution in [2.75, 3.05) is 5.32 Å². The van der Waals surface area contributed by atoms with Crippen molar-refractivity contribution >= 4 is 68.1 Å². The Kier molecular flexibility index (Phi) is 7.49. The lowest BCUT2D eigenvalue weighted by atomic mass is 10.00. The van der Waals surface area contributed by atoms with Crippen LogP contribution >= 0.6 is 22.9 Å². The number of benzene rings is 2. The third-order valence-electron chi connectivity index (χ3n) is 9.11. The van der Waals surface area contributed by atoms with Gasteiger partial charge in [-0.05, 0) is 56.9 Å². The normalized spacial score (nSPS) is 18.1. The Morgan fingerprint density at radius 1 is 1.10 bits per heavy atom. The highest BCUT2D eigenvalue weighted by Crippen LogP contribution is 2.48. The minimum atomic E-state index is -0.859. The monoisotopic (exact) mass is 711 g/mol. The van der Waals surface area contributed by atoms with E-state index in [0.29, 0.717) is 44.1 Å². The van der Waals surface area contributed by atoms with Gasteiger partial charge in [0.05, 0.1) is 11.4 Å². The van der Waals surface area contributed by atoms with Gasteiger partial charge in [-0.25, -0.2) is 23.6 Å². The van der Waals surface area contributed by atoms with Gasteiger partial charge in [0.15, 0.2) is 28.6 Å². The molecule has 1 aliphatic carbocycles. The van der Waals surface area contributed by atoms with Crippen LogP contribution in [-0.4, -0.2) is 69.9 Å². The highest BCUT2D eigenvalue weighted by molar-refractivity contribution is 7.22. The van der Waals surface area contributed by atoms with Crippen molar-refractivity contribution in [2.45, 2.75) is 45.3 Å². The summed E-state index contributed by atoms with van der Waals surface area (Å²) >= 11 is 7.56. The van der Waals surface area contributed by atoms with Crippen molar-refractivity contribution in [2.24, 2.45) is 11.7 Å². The zero-order valence-electron chi connectivity index (χ0n) is 26.6. The van der Waals surface area contributed by atoms with E-state index >= 15 is 4.39 Å². The van der Waals surface area contributed by atoms with Crippen molar-refractivity contribution in [3.05, 3.63) is 82.6 Å². The fourth-order valence-electron chi connectivity index (χ4n) is 6.62. The van der Waals surface area contributed by atoms with Crippen LogP contribution in [0.25, 0.3) is 37.7 Å². The number of Topliss-reactive ketones (excluding diaryl/α,β-unsaturated/α-hetero) is 1. The van der Waals surface area contributed by atoms with E-state index in [1.165, 1.54) is 52.1 Å². The van der Waals surface area contributed by atoms with E-state index < -0.39 is 29.6 Å². The van der Waals surface area contributed by atoms with Gasteiger partial charge in [0.1, 0.15) is 22.3 Å². The zero-order chi connectivity index (χ0) is 35.0. The molecule has 3 amide bonds. The number of piperidine rings is 1. The van der Waals surface area contributed by atoms with Gasteiger partial charge in [-0.1, -0.05) is 23.7 Å². The number of primary amides is 1. The summed E-state index contributed by atoms with van der Waals surface area (Å²) in [5, 5.41) is 12.2. The van der Waals surface area contributed by atoms with Crippen molar-refractivity contribution < 1.29 is 23.6 Å². The summed E-state index contributed by atoms with van der Waals surface area (Å²) in [6.07, 6.45) is 4.59. The van der Waals surface area contributed by atoms with E-state index in [0.717, 1.165) is 12.1 Å². The molecule has 2 aliphatic rings. The zero-order valence-corrected chi connectivity index (χ0v) is 28.1. The number of nitrogens with two attached hydrogens (primary N) is 1. The molecule has 6 aromatic rings. The molecule has 3 atom stereocenters. The van der Waals surface area contributed by atoms with Gasteiger partial charge in [-0.15, -0.1) is 11.3 Å². The molecule has 1 saturated carbocycles. The highest BCUT2D eigenvalue weighted by atomic mass is 35.5. The first kappa shape index (κ1) is 31.7. The summed E-state index contributed by atoms with van der Waals surface area (Å²) in [4.78, 5) is 62.5. The predicted octanol–water partition coefficient (Wildman–Crippen LogP) is 4.90. The lowest BCUT2D eigenvalue weighted by Crippen LogP contribution is -2.46. The number of halogens is 2. The summed E-state index contributed by atoms with van der Waals surface area (Å²) < 4.78 is 19.2. The third kappa shape index (κ3) is 5.38. The average Bonchev–Trinajstić information content (AvgIpc) is 3.41. The number of ketones is 1. The number of aryl methyl sites for hydroxylation is 1. The Balaban J connectivity index is 1.05. The van der Waals surface area contributed by atoms with Crippen LogP contribution in [0.4, 0.5) is 10.1 Å². The minimum absolute atomic E-state index is 0.0233. The van der Waals surface area contributed by atoms with Gasteiger partial charge in [-0.2, -0.15) is 10.2 Å². The molecule has 0 bridgehead atoms. The average molecular weight is 712 g/mol. The van der Waals surface area contributed by atoms with E-state index in [2.05, 4.69) is 20.5 Å². The first-order chi connectivity index (χ1) is 24.0. The number of rotatable bonds is 8. The van der Waals surface area contributed by atoms with Gasteiger partial charge in [0.2, 0.25) is 11.8 Å². The molecule has 16 heteroatoms. The Bertz CT molecular complexity index is 2440. The summed E-state index contributed by atoms with van der Waals surface area (Å²) in [5.74, 6) is -2.50. The lowest BCUT2D eigenvalue weighted by Gasteiger charge is -2.27. The molecule has 1 unspecified atom stereocenters. The van der Waals surface area contributed by atoms with Gasteiger partial charge in [0.25, 0.3) is 5.91 Å². The number of amides is 3. The Morgan fingerprint density at radius 2 is 1.92 bits per heavy atom. The van der Waals surface area contributed by atoms with Gasteiger partial charge in [-0.3, -0.25) is 19.2 Å². The van der Waals surface area contributed by atoms with Crippen LogP contribution in [0.3, 0.4) is 0 Å². The summed E-state index contributed by atoms with van der Waals surface area (Å²) in [5.41, 5.74) is 8.76. The number of carbonyl (C=O) groups excluding carboxylic acids is 4. The molecule has 8 rings (SSSR count). The number of nitrogens with one attached hydrogen (secondary N) is 1. The summed E-state index contributed by atoms with van der Waals surface area (Å²) in [6, 6.07) is 9.94. The van der Waals surface area contributed by atoms with Crippen molar-refractivity contribution in [1.29, 1.82) is 0 Å². The molecular formula is C34H27ClFN9O4S. The molecule has 5 heterocycles. The first-order valence-corrected chi connectivity index (χ1v) is 16.9. The third-order valence-corrected chi connectivity index (χ3v) is 10.5. The molecular weight excluding hydrogens is 685 g/mol. The fourth-order valence-corrected chi connectivity index (χ4v) is 7.87. The topological polar surface area (TPSA) is 170 Å².